The average Bonchev–Trinajstić information content (AvgIpc) is 3.44. The van der Waals surface area contributed by atoms with Crippen molar-refractivity contribution in [3.63, 3.8) is 0 Å². The van der Waals surface area contributed by atoms with Gasteiger partial charge in [-0.2, -0.15) is 22.5 Å². The van der Waals surface area contributed by atoms with Crippen LogP contribution in [0.25, 0.3) is 17.1 Å². The van der Waals surface area contributed by atoms with Gasteiger partial charge in [0, 0.05) is 36.1 Å². The Hall–Kier alpha value is -3.87. The van der Waals surface area contributed by atoms with Crippen LogP contribution in [-0.4, -0.2) is 36.1 Å². The van der Waals surface area contributed by atoms with E-state index in [2.05, 4.69) is 24.0 Å². The van der Waals surface area contributed by atoms with Crippen molar-refractivity contribution in [2.24, 2.45) is 4.36 Å². The fourth-order valence-corrected chi connectivity index (χ4v) is 4.10. The molecule has 0 saturated carbocycles. The number of benzene rings is 1. The van der Waals surface area contributed by atoms with Crippen molar-refractivity contribution in [3.05, 3.63) is 78.5 Å². The molecule has 1 aromatic carbocycles. The van der Waals surface area contributed by atoms with Gasteiger partial charge in [0.2, 0.25) is 5.82 Å². The van der Waals surface area contributed by atoms with E-state index in [-0.39, 0.29) is 16.3 Å². The molecule has 0 spiro atoms. The van der Waals surface area contributed by atoms with Gasteiger partial charge >= 0.3 is 12.1 Å². The van der Waals surface area contributed by atoms with E-state index in [0.717, 1.165) is 12.5 Å². The number of carbonyl (C=O) groups is 1. The summed E-state index contributed by atoms with van der Waals surface area (Å²) in [5.41, 5.74) is 0.965. The lowest BCUT2D eigenvalue weighted by atomic mass is 10.2. The molecule has 1 unspecified atom stereocenters. The number of pyridine rings is 1. The van der Waals surface area contributed by atoms with E-state index in [0.29, 0.717) is 11.3 Å². The maximum Gasteiger partial charge on any atom is 0.471 e. The van der Waals surface area contributed by atoms with E-state index in [1.807, 2.05) is 0 Å². The topological polar surface area (TPSA) is 103 Å². The first-order chi connectivity index (χ1) is 15.5. The van der Waals surface area contributed by atoms with Crippen molar-refractivity contribution in [1.82, 2.24) is 19.7 Å². The molecule has 0 aliphatic heterocycles. The number of hydrogen-bond donors (Lipinski definition) is 0. The zero-order valence-corrected chi connectivity index (χ0v) is 17.5. The van der Waals surface area contributed by atoms with Gasteiger partial charge < -0.3 is 9.09 Å². The molecular formula is C20H13F4N5O3S. The van der Waals surface area contributed by atoms with E-state index in [1.54, 1.807) is 22.9 Å². The Morgan fingerprint density at radius 1 is 1.15 bits per heavy atom. The number of rotatable bonds is 4. The quantitative estimate of drug-likeness (QED) is 0.403. The summed E-state index contributed by atoms with van der Waals surface area (Å²) in [6, 6.07) is 8.74. The van der Waals surface area contributed by atoms with Gasteiger partial charge in [-0.3, -0.25) is 9.78 Å². The first kappa shape index (κ1) is 22.3. The van der Waals surface area contributed by atoms with Crippen LogP contribution in [0.15, 0.2) is 75.0 Å². The molecule has 0 saturated heterocycles. The molecule has 170 valence electrons. The summed E-state index contributed by atoms with van der Waals surface area (Å²) in [5.74, 6) is -3.31. The highest BCUT2D eigenvalue weighted by molar-refractivity contribution is 7.93. The Bertz CT molecular complexity index is 1450. The fourth-order valence-electron chi connectivity index (χ4n) is 2.85. The lowest BCUT2D eigenvalue weighted by molar-refractivity contribution is -0.159. The third-order valence-corrected chi connectivity index (χ3v) is 6.09. The molecule has 4 rings (SSSR count). The Kier molecular flexibility index (Phi) is 5.57. The first-order valence-electron chi connectivity index (χ1n) is 9.10. The van der Waals surface area contributed by atoms with Gasteiger partial charge in [0.25, 0.3) is 5.91 Å². The second kappa shape index (κ2) is 8.24. The summed E-state index contributed by atoms with van der Waals surface area (Å²) in [6.07, 6.45) is 1.52. The molecule has 0 fully saturated rings. The predicted octanol–water partition coefficient (Wildman–Crippen LogP) is 4.38. The number of hydrogen-bond acceptors (Lipinski definition) is 6. The molecule has 0 radical (unpaired) electrons. The minimum atomic E-state index is -4.74. The third kappa shape index (κ3) is 4.67. The maximum absolute atomic E-state index is 13.9. The van der Waals surface area contributed by atoms with Crippen LogP contribution in [0.1, 0.15) is 16.2 Å². The molecule has 0 aliphatic rings. The summed E-state index contributed by atoms with van der Waals surface area (Å²) in [7, 11) is -3.34. The molecular weight excluding hydrogens is 466 g/mol. The van der Waals surface area contributed by atoms with Crippen LogP contribution in [0.2, 0.25) is 0 Å². The first-order valence-corrected chi connectivity index (χ1v) is 11.0. The Balaban J connectivity index is 1.56. The standard InChI is InChI=1S/C20H13F4N5O3S/c1-33(31,16-6-8-25-10-15(16)21)28-18(30)13-7-9-29(11-13)14-4-2-12(3-5-14)17-26-19(32-27-17)20(22,23)24/h2-11H,1H3. The number of nitrogens with zero attached hydrogens (tertiary/aromatic N) is 5. The van der Waals surface area contributed by atoms with Gasteiger partial charge in [-0.15, -0.1) is 0 Å². The van der Waals surface area contributed by atoms with Crippen LogP contribution in [0.5, 0.6) is 0 Å². The van der Waals surface area contributed by atoms with Crippen LogP contribution in [0, 0.1) is 5.82 Å². The third-order valence-electron chi connectivity index (χ3n) is 4.43. The molecule has 3 heterocycles. The molecule has 0 N–H and O–H groups in total. The minimum absolute atomic E-state index is 0.108. The highest BCUT2D eigenvalue weighted by Crippen LogP contribution is 2.29. The largest absolute Gasteiger partial charge is 0.471 e. The molecule has 1 atom stereocenters. The fraction of sp³-hybridized carbons (Fsp3) is 0.100. The van der Waals surface area contributed by atoms with E-state index in [9.17, 15) is 26.6 Å². The number of aromatic nitrogens is 4. The number of amides is 1. The molecule has 13 heteroatoms. The van der Waals surface area contributed by atoms with Gasteiger partial charge in [-0.1, -0.05) is 5.16 Å². The average molecular weight is 479 g/mol. The summed E-state index contributed by atoms with van der Waals surface area (Å²) < 4.78 is 73.9. The van der Waals surface area contributed by atoms with Crippen molar-refractivity contribution in [2.75, 3.05) is 6.26 Å². The molecule has 33 heavy (non-hydrogen) atoms. The van der Waals surface area contributed by atoms with Crippen molar-refractivity contribution in [3.8, 4) is 17.1 Å². The number of halogens is 4. The highest BCUT2D eigenvalue weighted by Gasteiger charge is 2.38. The molecule has 4 aromatic rings. The van der Waals surface area contributed by atoms with Crippen molar-refractivity contribution >= 4 is 15.6 Å². The molecule has 3 aromatic heterocycles. The summed E-state index contributed by atoms with van der Waals surface area (Å²) >= 11 is 0. The SMILES string of the molecule is CS(=O)(=NC(=O)c1ccn(-c2ccc(-c3noc(C(F)(F)F)n3)cc2)c1)c1ccncc1F. The van der Waals surface area contributed by atoms with Gasteiger partial charge in [-0.25, -0.2) is 8.60 Å². The predicted molar refractivity (Wildman–Crippen MR) is 107 cm³/mol. The zero-order chi connectivity index (χ0) is 23.8. The number of carbonyl (C=O) groups excluding carboxylic acids is 1. The second-order valence-corrected chi connectivity index (χ2v) is 9.01. The van der Waals surface area contributed by atoms with E-state index in [4.69, 9.17) is 0 Å². The van der Waals surface area contributed by atoms with Crippen molar-refractivity contribution in [1.29, 1.82) is 0 Å². The Labute approximate surface area is 184 Å². The van der Waals surface area contributed by atoms with Gasteiger partial charge in [0.1, 0.15) is 0 Å². The summed E-state index contributed by atoms with van der Waals surface area (Å²) in [6.45, 7) is 0. The summed E-state index contributed by atoms with van der Waals surface area (Å²) in [4.78, 5) is 19.2. The van der Waals surface area contributed by atoms with Crippen LogP contribution >= 0.6 is 0 Å². The molecule has 0 aliphatic carbocycles. The van der Waals surface area contributed by atoms with Gasteiger partial charge in [0.05, 0.1) is 26.4 Å². The summed E-state index contributed by atoms with van der Waals surface area (Å²) in [5, 5.41) is 3.32. The van der Waals surface area contributed by atoms with Crippen LogP contribution in [0.3, 0.4) is 0 Å². The second-order valence-electron chi connectivity index (χ2n) is 6.78. The van der Waals surface area contributed by atoms with E-state index >= 15 is 0 Å². The van der Waals surface area contributed by atoms with E-state index < -0.39 is 33.5 Å². The van der Waals surface area contributed by atoms with Crippen LogP contribution < -0.4 is 0 Å². The lowest BCUT2D eigenvalue weighted by Crippen LogP contribution is -2.05. The van der Waals surface area contributed by atoms with Crippen LogP contribution in [0.4, 0.5) is 17.6 Å². The normalized spacial score (nSPS) is 13.5. The van der Waals surface area contributed by atoms with Crippen LogP contribution in [-0.2, 0) is 15.9 Å². The Morgan fingerprint density at radius 3 is 2.52 bits per heavy atom. The highest BCUT2D eigenvalue weighted by atomic mass is 32.2. The van der Waals surface area contributed by atoms with Crippen molar-refractivity contribution < 1.29 is 31.1 Å². The molecule has 8 nitrogen and oxygen atoms in total. The van der Waals surface area contributed by atoms with Crippen molar-refractivity contribution in [2.45, 2.75) is 11.1 Å². The smallest absolute Gasteiger partial charge is 0.329 e. The maximum atomic E-state index is 13.9. The monoisotopic (exact) mass is 479 g/mol. The minimum Gasteiger partial charge on any atom is -0.329 e. The zero-order valence-electron chi connectivity index (χ0n) is 16.7. The molecule has 1 amide bonds. The van der Waals surface area contributed by atoms with E-state index in [1.165, 1.54) is 36.7 Å². The lowest BCUT2D eigenvalue weighted by Gasteiger charge is -2.04. The van der Waals surface area contributed by atoms with Gasteiger partial charge in [0.15, 0.2) is 5.82 Å². The van der Waals surface area contributed by atoms with Gasteiger partial charge in [-0.05, 0) is 36.4 Å². The molecule has 0 bridgehead atoms. The Morgan fingerprint density at radius 2 is 1.88 bits per heavy atom. The number of alkyl halides is 3.